The maximum atomic E-state index is 11.7. The maximum Gasteiger partial charge on any atom is 0.336 e. The molecule has 0 heterocycles. The molecule has 4 N–H and O–H groups in total. The molecule has 0 aliphatic heterocycles. The van der Waals surface area contributed by atoms with Gasteiger partial charge in [-0.1, -0.05) is 18.2 Å². The van der Waals surface area contributed by atoms with Crippen LogP contribution in [0.15, 0.2) is 24.3 Å². The van der Waals surface area contributed by atoms with E-state index in [0.717, 1.165) is 7.11 Å². The smallest absolute Gasteiger partial charge is 0.336 e. The summed E-state index contributed by atoms with van der Waals surface area (Å²) in [5, 5.41) is 9.28. The SMILES string of the molecule is COC(=O)C(O)CNS(=O)(=O)Cc1ccccc1N. The summed E-state index contributed by atoms with van der Waals surface area (Å²) in [4.78, 5) is 10.9. The number of aliphatic hydroxyl groups is 1. The first-order chi connectivity index (χ1) is 8.85. The lowest BCUT2D eigenvalue weighted by Gasteiger charge is -2.11. The molecule has 1 unspecified atom stereocenters. The van der Waals surface area contributed by atoms with E-state index in [1.807, 2.05) is 0 Å². The number of anilines is 1. The number of esters is 1. The normalized spacial score (nSPS) is 12.9. The number of aliphatic hydroxyl groups excluding tert-OH is 1. The monoisotopic (exact) mass is 288 g/mol. The van der Waals surface area contributed by atoms with E-state index in [0.29, 0.717) is 11.3 Å². The van der Waals surface area contributed by atoms with Crippen LogP contribution in [0.25, 0.3) is 0 Å². The van der Waals surface area contributed by atoms with Gasteiger partial charge in [-0.2, -0.15) is 0 Å². The number of ether oxygens (including phenoxy) is 1. The van der Waals surface area contributed by atoms with Crippen molar-refractivity contribution >= 4 is 21.7 Å². The predicted octanol–water partition coefficient (Wildman–Crippen LogP) is -0.778. The predicted molar refractivity (Wildman–Crippen MR) is 69.5 cm³/mol. The number of nitrogens with two attached hydrogens (primary N) is 1. The van der Waals surface area contributed by atoms with Gasteiger partial charge in [-0.25, -0.2) is 17.9 Å². The van der Waals surface area contributed by atoms with E-state index in [2.05, 4.69) is 9.46 Å². The van der Waals surface area contributed by atoms with Crippen LogP contribution >= 0.6 is 0 Å². The highest BCUT2D eigenvalue weighted by Crippen LogP contribution is 2.13. The molecular formula is C11H16N2O5S. The Morgan fingerprint density at radius 1 is 1.47 bits per heavy atom. The van der Waals surface area contributed by atoms with Crippen LogP contribution in [0.4, 0.5) is 5.69 Å². The summed E-state index contributed by atoms with van der Waals surface area (Å²) in [6, 6.07) is 6.55. The lowest BCUT2D eigenvalue weighted by atomic mass is 10.2. The second-order valence-corrected chi connectivity index (χ2v) is 5.65. The average Bonchev–Trinajstić information content (AvgIpc) is 2.37. The minimum Gasteiger partial charge on any atom is -0.467 e. The largest absolute Gasteiger partial charge is 0.467 e. The Hall–Kier alpha value is -1.64. The fourth-order valence-corrected chi connectivity index (χ4v) is 2.53. The van der Waals surface area contributed by atoms with E-state index in [9.17, 15) is 18.3 Å². The molecule has 1 aromatic carbocycles. The Bertz CT molecular complexity index is 544. The molecular weight excluding hydrogens is 272 g/mol. The topological polar surface area (TPSA) is 119 Å². The summed E-state index contributed by atoms with van der Waals surface area (Å²) in [6.07, 6.45) is -1.53. The second-order valence-electron chi connectivity index (χ2n) is 3.85. The van der Waals surface area contributed by atoms with E-state index >= 15 is 0 Å². The molecule has 106 valence electrons. The number of carbonyl (C=O) groups is 1. The molecule has 0 saturated heterocycles. The van der Waals surface area contributed by atoms with Crippen LogP contribution in [0.5, 0.6) is 0 Å². The molecule has 7 nitrogen and oxygen atoms in total. The molecule has 8 heteroatoms. The van der Waals surface area contributed by atoms with E-state index in [1.54, 1.807) is 24.3 Å². The number of methoxy groups -OCH3 is 1. The first kappa shape index (κ1) is 15.4. The van der Waals surface area contributed by atoms with Crippen LogP contribution in [0, 0.1) is 0 Å². The Morgan fingerprint density at radius 3 is 2.68 bits per heavy atom. The third kappa shape index (κ3) is 4.86. The second kappa shape index (κ2) is 6.50. The number of hydrogen-bond acceptors (Lipinski definition) is 6. The molecule has 1 atom stereocenters. The van der Waals surface area contributed by atoms with Crippen LogP contribution in [-0.4, -0.2) is 39.3 Å². The summed E-state index contributed by atoms with van der Waals surface area (Å²) in [6.45, 7) is -0.443. The van der Waals surface area contributed by atoms with Crippen molar-refractivity contribution in [3.05, 3.63) is 29.8 Å². The van der Waals surface area contributed by atoms with Gasteiger partial charge < -0.3 is 15.6 Å². The number of rotatable bonds is 6. The average molecular weight is 288 g/mol. The number of benzene rings is 1. The zero-order chi connectivity index (χ0) is 14.5. The summed E-state index contributed by atoms with van der Waals surface area (Å²) >= 11 is 0. The van der Waals surface area contributed by atoms with E-state index in [1.165, 1.54) is 0 Å². The van der Waals surface area contributed by atoms with Gasteiger partial charge >= 0.3 is 5.97 Å². The van der Waals surface area contributed by atoms with Crippen molar-refractivity contribution in [2.75, 3.05) is 19.4 Å². The molecule has 19 heavy (non-hydrogen) atoms. The molecule has 0 saturated carbocycles. The minimum absolute atomic E-state index is 0.326. The van der Waals surface area contributed by atoms with Crippen LogP contribution in [-0.2, 0) is 25.3 Å². The van der Waals surface area contributed by atoms with Crippen molar-refractivity contribution in [2.45, 2.75) is 11.9 Å². The molecule has 0 aliphatic rings. The maximum absolute atomic E-state index is 11.7. The molecule has 0 aliphatic carbocycles. The van der Waals surface area contributed by atoms with Crippen molar-refractivity contribution in [2.24, 2.45) is 0 Å². The van der Waals surface area contributed by atoms with Gasteiger partial charge in [-0.15, -0.1) is 0 Å². The standard InChI is InChI=1S/C11H16N2O5S/c1-18-11(15)10(14)6-13-19(16,17)7-8-4-2-3-5-9(8)12/h2-5,10,13-14H,6-7,12H2,1H3. The number of carbonyl (C=O) groups excluding carboxylic acids is 1. The summed E-state index contributed by atoms with van der Waals surface area (Å²) in [7, 11) is -2.59. The van der Waals surface area contributed by atoms with Crippen molar-refractivity contribution in [1.29, 1.82) is 0 Å². The van der Waals surface area contributed by atoms with Gasteiger partial charge in [0.05, 0.1) is 12.9 Å². The number of sulfonamides is 1. The highest BCUT2D eigenvalue weighted by atomic mass is 32.2. The fourth-order valence-electron chi connectivity index (χ4n) is 1.35. The summed E-state index contributed by atoms with van der Waals surface area (Å²) in [5.74, 6) is -1.23. The Morgan fingerprint density at radius 2 is 2.11 bits per heavy atom. The first-order valence-electron chi connectivity index (χ1n) is 5.42. The lowest BCUT2D eigenvalue weighted by molar-refractivity contribution is -0.149. The molecule has 0 radical (unpaired) electrons. The third-order valence-electron chi connectivity index (χ3n) is 2.37. The molecule has 1 aromatic rings. The third-order valence-corrected chi connectivity index (χ3v) is 3.67. The number of hydrogen-bond donors (Lipinski definition) is 3. The van der Waals surface area contributed by atoms with Gasteiger partial charge in [-0.3, -0.25) is 0 Å². The van der Waals surface area contributed by atoms with Crippen LogP contribution in [0.3, 0.4) is 0 Å². The van der Waals surface area contributed by atoms with Crippen molar-refractivity contribution in [3.8, 4) is 0 Å². The van der Waals surface area contributed by atoms with E-state index in [4.69, 9.17) is 5.73 Å². The van der Waals surface area contributed by atoms with Crippen LogP contribution in [0.1, 0.15) is 5.56 Å². The lowest BCUT2D eigenvalue weighted by Crippen LogP contribution is -2.37. The minimum atomic E-state index is -3.69. The number of nitrogens with one attached hydrogen (secondary N) is 1. The fraction of sp³-hybridized carbons (Fsp3) is 0.364. The van der Waals surface area contributed by atoms with Gasteiger partial charge in [0.25, 0.3) is 0 Å². The van der Waals surface area contributed by atoms with Crippen LogP contribution in [0.2, 0.25) is 0 Å². The molecule has 0 aromatic heterocycles. The van der Waals surface area contributed by atoms with Crippen LogP contribution < -0.4 is 10.5 Å². The molecule has 0 fully saturated rings. The highest BCUT2D eigenvalue weighted by Gasteiger charge is 2.19. The highest BCUT2D eigenvalue weighted by molar-refractivity contribution is 7.88. The first-order valence-corrected chi connectivity index (χ1v) is 7.07. The molecule has 0 bridgehead atoms. The van der Waals surface area contributed by atoms with Crippen molar-refractivity contribution in [1.82, 2.24) is 4.72 Å². The number of para-hydroxylation sites is 1. The van der Waals surface area contributed by atoms with Gasteiger partial charge in [0, 0.05) is 12.2 Å². The number of nitrogen functional groups attached to an aromatic ring is 1. The zero-order valence-electron chi connectivity index (χ0n) is 10.4. The van der Waals surface area contributed by atoms with Crippen molar-refractivity contribution < 1.29 is 23.1 Å². The summed E-state index contributed by atoms with van der Waals surface area (Å²) in [5.41, 5.74) is 6.45. The molecule has 0 spiro atoms. The zero-order valence-corrected chi connectivity index (χ0v) is 11.2. The van der Waals surface area contributed by atoms with Gasteiger partial charge in [-0.05, 0) is 11.6 Å². The Kier molecular flexibility index (Phi) is 5.28. The molecule has 0 amide bonds. The van der Waals surface area contributed by atoms with Gasteiger partial charge in [0.2, 0.25) is 10.0 Å². The van der Waals surface area contributed by atoms with E-state index in [-0.39, 0.29) is 5.75 Å². The van der Waals surface area contributed by atoms with E-state index < -0.39 is 28.6 Å². The Balaban J connectivity index is 2.63. The van der Waals surface area contributed by atoms with Gasteiger partial charge in [0.15, 0.2) is 6.10 Å². The van der Waals surface area contributed by atoms with Gasteiger partial charge in [0.1, 0.15) is 0 Å². The van der Waals surface area contributed by atoms with Crippen molar-refractivity contribution in [3.63, 3.8) is 0 Å². The Labute approximate surface area is 111 Å². The molecule has 1 rings (SSSR count). The quantitative estimate of drug-likeness (QED) is 0.467. The summed E-state index contributed by atoms with van der Waals surface area (Å²) < 4.78 is 29.9.